The lowest BCUT2D eigenvalue weighted by Crippen LogP contribution is -2.00. The number of aryl methyl sites for hydroxylation is 1. The van der Waals surface area contributed by atoms with Gasteiger partial charge in [-0.3, -0.25) is 0 Å². The highest BCUT2D eigenvalue weighted by Gasteiger charge is 2.12. The molecule has 0 saturated heterocycles. The molecule has 0 radical (unpaired) electrons. The highest BCUT2D eigenvalue weighted by Crippen LogP contribution is 2.20. The van der Waals surface area contributed by atoms with Crippen LogP contribution < -0.4 is 0 Å². The maximum Gasteiger partial charge on any atom is 0.0663 e. The van der Waals surface area contributed by atoms with Gasteiger partial charge < -0.3 is 5.11 Å². The monoisotopic (exact) mass is 250 g/mol. The zero-order valence-corrected chi connectivity index (χ0v) is 10.7. The average Bonchev–Trinajstić information content (AvgIpc) is 2.57. The quantitative estimate of drug-likeness (QED) is 0.910. The molecule has 1 heterocycles. The topological polar surface area (TPSA) is 38.0 Å². The molecular weight excluding hydrogens is 236 g/mol. The molecule has 2 rings (SSSR count). The molecule has 2 aromatic rings. The van der Waals surface area contributed by atoms with Crippen LogP contribution >= 0.6 is 11.6 Å². The predicted octanol–water partition coefficient (Wildman–Crippen LogP) is 2.68. The van der Waals surface area contributed by atoms with E-state index in [1.807, 2.05) is 42.8 Å². The number of aliphatic hydroxyl groups is 1. The summed E-state index contributed by atoms with van der Waals surface area (Å²) in [6.07, 6.45) is 0.637. The first-order valence-electron chi connectivity index (χ1n) is 5.55. The third-order valence-corrected chi connectivity index (χ3v) is 3.09. The number of hydrogen-bond acceptors (Lipinski definition) is 2. The summed E-state index contributed by atoms with van der Waals surface area (Å²) in [7, 11) is 0. The molecule has 0 atom stereocenters. The fraction of sp³-hybridized carbons (Fsp3) is 0.308. The van der Waals surface area contributed by atoms with E-state index in [1.165, 1.54) is 0 Å². The SMILES string of the molecule is Cc1nn(-c2cccc(Cl)c2)c(C)c1CCO. The van der Waals surface area contributed by atoms with Gasteiger partial charge in [0, 0.05) is 17.3 Å². The Kier molecular flexibility index (Phi) is 3.50. The number of aromatic nitrogens is 2. The van der Waals surface area contributed by atoms with Gasteiger partial charge >= 0.3 is 0 Å². The van der Waals surface area contributed by atoms with Crippen molar-refractivity contribution in [1.82, 2.24) is 9.78 Å². The molecule has 0 saturated carbocycles. The Morgan fingerprint density at radius 3 is 2.76 bits per heavy atom. The summed E-state index contributed by atoms with van der Waals surface area (Å²) in [5.74, 6) is 0. The number of benzene rings is 1. The second-order valence-corrected chi connectivity index (χ2v) is 4.45. The van der Waals surface area contributed by atoms with Crippen LogP contribution in [0.3, 0.4) is 0 Å². The van der Waals surface area contributed by atoms with Gasteiger partial charge in [0.2, 0.25) is 0 Å². The van der Waals surface area contributed by atoms with Gasteiger partial charge in [0.15, 0.2) is 0 Å². The van der Waals surface area contributed by atoms with Crippen LogP contribution in [0.25, 0.3) is 5.69 Å². The summed E-state index contributed by atoms with van der Waals surface area (Å²) < 4.78 is 1.87. The van der Waals surface area contributed by atoms with Gasteiger partial charge in [-0.2, -0.15) is 5.10 Å². The average molecular weight is 251 g/mol. The molecule has 1 N–H and O–H groups in total. The van der Waals surface area contributed by atoms with Crippen molar-refractivity contribution in [1.29, 1.82) is 0 Å². The van der Waals surface area contributed by atoms with E-state index in [-0.39, 0.29) is 6.61 Å². The van der Waals surface area contributed by atoms with Crippen LogP contribution in [0, 0.1) is 13.8 Å². The fourth-order valence-corrected chi connectivity index (χ4v) is 2.19. The molecule has 1 aromatic carbocycles. The Balaban J connectivity index is 2.50. The Hall–Kier alpha value is -1.32. The summed E-state index contributed by atoms with van der Waals surface area (Å²) in [6, 6.07) is 7.59. The lowest BCUT2D eigenvalue weighted by Gasteiger charge is -2.05. The van der Waals surface area contributed by atoms with E-state index in [1.54, 1.807) is 0 Å². The third kappa shape index (κ3) is 2.35. The van der Waals surface area contributed by atoms with E-state index >= 15 is 0 Å². The second kappa shape index (κ2) is 4.90. The van der Waals surface area contributed by atoms with Crippen molar-refractivity contribution in [3.05, 3.63) is 46.2 Å². The van der Waals surface area contributed by atoms with Crippen molar-refractivity contribution >= 4 is 11.6 Å². The number of nitrogens with zero attached hydrogens (tertiary/aromatic N) is 2. The van der Waals surface area contributed by atoms with E-state index in [0.29, 0.717) is 11.4 Å². The van der Waals surface area contributed by atoms with E-state index < -0.39 is 0 Å². The van der Waals surface area contributed by atoms with Crippen molar-refractivity contribution in [2.45, 2.75) is 20.3 Å². The Labute approximate surface area is 106 Å². The van der Waals surface area contributed by atoms with E-state index in [2.05, 4.69) is 5.10 Å². The molecule has 0 bridgehead atoms. The highest BCUT2D eigenvalue weighted by molar-refractivity contribution is 6.30. The number of halogens is 1. The third-order valence-electron chi connectivity index (χ3n) is 2.86. The maximum absolute atomic E-state index is 9.03. The number of rotatable bonds is 3. The van der Waals surface area contributed by atoms with Crippen LogP contribution in [0.4, 0.5) is 0 Å². The molecule has 3 nitrogen and oxygen atoms in total. The van der Waals surface area contributed by atoms with Crippen LogP contribution in [0.5, 0.6) is 0 Å². The number of hydrogen-bond donors (Lipinski definition) is 1. The Morgan fingerprint density at radius 2 is 2.12 bits per heavy atom. The van der Waals surface area contributed by atoms with Crippen molar-refractivity contribution in [2.75, 3.05) is 6.61 Å². The molecular formula is C13H15ClN2O. The number of aliphatic hydroxyl groups excluding tert-OH is 1. The molecule has 0 amide bonds. The minimum absolute atomic E-state index is 0.142. The highest BCUT2D eigenvalue weighted by atomic mass is 35.5. The van der Waals surface area contributed by atoms with Crippen molar-refractivity contribution < 1.29 is 5.11 Å². The largest absolute Gasteiger partial charge is 0.396 e. The Morgan fingerprint density at radius 1 is 1.35 bits per heavy atom. The molecule has 17 heavy (non-hydrogen) atoms. The summed E-state index contributed by atoms with van der Waals surface area (Å²) in [6.45, 7) is 4.11. The van der Waals surface area contributed by atoms with E-state index in [0.717, 1.165) is 22.6 Å². The van der Waals surface area contributed by atoms with Gasteiger partial charge in [-0.25, -0.2) is 4.68 Å². The molecule has 90 valence electrons. The molecule has 0 aliphatic carbocycles. The summed E-state index contributed by atoms with van der Waals surface area (Å²) in [4.78, 5) is 0. The first kappa shape index (κ1) is 12.1. The van der Waals surface area contributed by atoms with Crippen molar-refractivity contribution in [3.63, 3.8) is 0 Å². The minimum Gasteiger partial charge on any atom is -0.396 e. The molecule has 0 aliphatic rings. The van der Waals surface area contributed by atoms with Crippen LogP contribution in [0.1, 0.15) is 17.0 Å². The fourth-order valence-electron chi connectivity index (χ4n) is 2.01. The van der Waals surface area contributed by atoms with Gasteiger partial charge in [-0.05, 0) is 44.0 Å². The Bertz CT molecular complexity index is 534. The standard InChI is InChI=1S/C13H15ClN2O/c1-9-13(6-7-17)10(2)16(15-9)12-5-3-4-11(14)8-12/h3-5,8,17H,6-7H2,1-2H3. The van der Waals surface area contributed by atoms with Gasteiger partial charge in [0.05, 0.1) is 11.4 Å². The molecule has 1 aromatic heterocycles. The zero-order valence-electron chi connectivity index (χ0n) is 9.94. The van der Waals surface area contributed by atoms with Gasteiger partial charge in [0.25, 0.3) is 0 Å². The van der Waals surface area contributed by atoms with Crippen LogP contribution in [-0.4, -0.2) is 21.5 Å². The van der Waals surface area contributed by atoms with Gasteiger partial charge in [-0.1, -0.05) is 17.7 Å². The molecule has 0 spiro atoms. The molecule has 0 fully saturated rings. The molecule has 4 heteroatoms. The minimum atomic E-state index is 0.142. The summed E-state index contributed by atoms with van der Waals surface area (Å²) in [5.41, 5.74) is 4.06. The normalized spacial score (nSPS) is 10.8. The van der Waals surface area contributed by atoms with E-state index in [4.69, 9.17) is 16.7 Å². The second-order valence-electron chi connectivity index (χ2n) is 4.01. The summed E-state index contributed by atoms with van der Waals surface area (Å²) >= 11 is 5.97. The van der Waals surface area contributed by atoms with E-state index in [9.17, 15) is 0 Å². The first-order chi connectivity index (χ1) is 8.13. The lowest BCUT2D eigenvalue weighted by atomic mass is 10.1. The van der Waals surface area contributed by atoms with Crippen LogP contribution in [0.2, 0.25) is 5.02 Å². The molecule has 0 aliphatic heterocycles. The smallest absolute Gasteiger partial charge is 0.0663 e. The van der Waals surface area contributed by atoms with Gasteiger partial charge in [0.1, 0.15) is 0 Å². The van der Waals surface area contributed by atoms with Crippen molar-refractivity contribution in [2.24, 2.45) is 0 Å². The lowest BCUT2D eigenvalue weighted by molar-refractivity contribution is 0.299. The van der Waals surface area contributed by atoms with Crippen LogP contribution in [-0.2, 0) is 6.42 Å². The maximum atomic E-state index is 9.03. The predicted molar refractivity (Wildman–Crippen MR) is 68.8 cm³/mol. The van der Waals surface area contributed by atoms with Crippen molar-refractivity contribution in [3.8, 4) is 5.69 Å². The van der Waals surface area contributed by atoms with Crippen LogP contribution in [0.15, 0.2) is 24.3 Å². The molecule has 0 unspecified atom stereocenters. The van der Waals surface area contributed by atoms with Gasteiger partial charge in [-0.15, -0.1) is 0 Å². The summed E-state index contributed by atoms with van der Waals surface area (Å²) in [5, 5.41) is 14.2. The first-order valence-corrected chi connectivity index (χ1v) is 5.93. The zero-order chi connectivity index (χ0) is 12.4.